The van der Waals surface area contributed by atoms with Crippen molar-refractivity contribution in [1.82, 2.24) is 10.3 Å². The predicted octanol–water partition coefficient (Wildman–Crippen LogP) is 4.16. The molecule has 1 heterocycles. The zero-order valence-electron chi connectivity index (χ0n) is 13.0. The minimum atomic E-state index is 0.384. The van der Waals surface area contributed by atoms with Crippen molar-refractivity contribution in [1.29, 1.82) is 0 Å². The Morgan fingerprint density at radius 1 is 1.24 bits per heavy atom. The second kappa shape index (κ2) is 6.40. The Hall–Kier alpha value is -1.67. The molecule has 1 N–H and O–H groups in total. The van der Waals surface area contributed by atoms with Crippen LogP contribution in [-0.4, -0.2) is 12.0 Å². The smallest absolute Gasteiger partial charge is 0.0372 e. The minimum Gasteiger partial charge on any atom is -0.313 e. The Balaban J connectivity index is 1.80. The van der Waals surface area contributed by atoms with Gasteiger partial charge in [-0.05, 0) is 68.3 Å². The lowest BCUT2D eigenvalue weighted by Crippen LogP contribution is -2.21. The zero-order chi connectivity index (χ0) is 14.7. The van der Waals surface area contributed by atoms with Crippen molar-refractivity contribution in [3.63, 3.8) is 0 Å². The highest BCUT2D eigenvalue weighted by atomic mass is 14.9. The van der Waals surface area contributed by atoms with Gasteiger partial charge in [0.2, 0.25) is 0 Å². The SMILES string of the molecule is CNC(CC1CCCc2ccccc21)c1ccc(C)nc1. The van der Waals surface area contributed by atoms with E-state index in [1.54, 1.807) is 11.1 Å². The van der Waals surface area contributed by atoms with Crippen LogP contribution in [0.3, 0.4) is 0 Å². The number of nitrogens with zero attached hydrogens (tertiary/aromatic N) is 1. The molecule has 1 aromatic heterocycles. The maximum absolute atomic E-state index is 4.45. The molecule has 0 radical (unpaired) electrons. The number of hydrogen-bond acceptors (Lipinski definition) is 2. The number of aryl methyl sites for hydroxylation is 2. The number of fused-ring (bicyclic) bond motifs is 1. The standard InChI is InChI=1S/C19H24N2/c1-14-10-11-17(13-21-14)19(20-2)12-16-8-5-7-15-6-3-4-9-18(15)16/h3-4,6,9-11,13,16,19-20H,5,7-8,12H2,1-2H3. The fraction of sp³-hybridized carbons (Fsp3) is 0.421. The van der Waals surface area contributed by atoms with Crippen molar-refractivity contribution < 1.29 is 0 Å². The van der Waals surface area contributed by atoms with E-state index in [2.05, 4.69) is 53.7 Å². The Labute approximate surface area is 127 Å². The van der Waals surface area contributed by atoms with Gasteiger partial charge in [0, 0.05) is 17.9 Å². The predicted molar refractivity (Wildman–Crippen MR) is 87.5 cm³/mol. The molecule has 1 aliphatic rings. The topological polar surface area (TPSA) is 24.9 Å². The Morgan fingerprint density at radius 2 is 2.10 bits per heavy atom. The van der Waals surface area contributed by atoms with Gasteiger partial charge in [-0.1, -0.05) is 30.3 Å². The van der Waals surface area contributed by atoms with Gasteiger partial charge < -0.3 is 5.32 Å². The summed E-state index contributed by atoms with van der Waals surface area (Å²) in [5.74, 6) is 0.661. The molecule has 2 unspecified atom stereocenters. The number of pyridine rings is 1. The molecule has 0 aliphatic heterocycles. The monoisotopic (exact) mass is 280 g/mol. The summed E-state index contributed by atoms with van der Waals surface area (Å²) in [6.07, 6.45) is 7.02. The highest BCUT2D eigenvalue weighted by Gasteiger charge is 2.23. The number of aromatic nitrogens is 1. The van der Waals surface area contributed by atoms with Gasteiger partial charge in [-0.15, -0.1) is 0 Å². The summed E-state index contributed by atoms with van der Waals surface area (Å²) < 4.78 is 0. The summed E-state index contributed by atoms with van der Waals surface area (Å²) in [5.41, 5.74) is 5.48. The molecule has 0 saturated heterocycles. The quantitative estimate of drug-likeness (QED) is 0.909. The van der Waals surface area contributed by atoms with Gasteiger partial charge in [-0.2, -0.15) is 0 Å². The van der Waals surface area contributed by atoms with E-state index >= 15 is 0 Å². The van der Waals surface area contributed by atoms with E-state index in [0.717, 1.165) is 12.1 Å². The highest BCUT2D eigenvalue weighted by molar-refractivity contribution is 5.33. The summed E-state index contributed by atoms with van der Waals surface area (Å²) in [6.45, 7) is 2.04. The van der Waals surface area contributed by atoms with Gasteiger partial charge >= 0.3 is 0 Å². The van der Waals surface area contributed by atoms with Crippen LogP contribution in [0.4, 0.5) is 0 Å². The van der Waals surface area contributed by atoms with Gasteiger partial charge in [0.25, 0.3) is 0 Å². The number of benzene rings is 1. The van der Waals surface area contributed by atoms with E-state index in [1.807, 2.05) is 13.1 Å². The molecule has 0 bridgehead atoms. The molecule has 1 aromatic carbocycles. The molecule has 2 heteroatoms. The largest absolute Gasteiger partial charge is 0.313 e. The van der Waals surface area contributed by atoms with Crippen LogP contribution in [0.1, 0.15) is 53.6 Å². The first kappa shape index (κ1) is 14.3. The molecule has 0 spiro atoms. The Kier molecular flexibility index (Phi) is 4.35. The number of rotatable bonds is 4. The van der Waals surface area contributed by atoms with Gasteiger partial charge in [-0.25, -0.2) is 0 Å². The van der Waals surface area contributed by atoms with Crippen molar-refractivity contribution in [3.05, 3.63) is 65.0 Å². The first-order chi connectivity index (χ1) is 10.3. The van der Waals surface area contributed by atoms with Crippen LogP contribution in [0, 0.1) is 6.92 Å². The maximum atomic E-state index is 4.45. The van der Waals surface area contributed by atoms with E-state index in [1.165, 1.54) is 24.8 Å². The molecule has 110 valence electrons. The molecule has 21 heavy (non-hydrogen) atoms. The van der Waals surface area contributed by atoms with Crippen LogP contribution in [0.5, 0.6) is 0 Å². The van der Waals surface area contributed by atoms with Gasteiger partial charge in [0.05, 0.1) is 0 Å². The third-order valence-electron chi connectivity index (χ3n) is 4.70. The van der Waals surface area contributed by atoms with Crippen LogP contribution < -0.4 is 5.32 Å². The van der Waals surface area contributed by atoms with Crippen LogP contribution in [0.2, 0.25) is 0 Å². The van der Waals surface area contributed by atoms with Gasteiger partial charge in [0.1, 0.15) is 0 Å². The van der Waals surface area contributed by atoms with Crippen molar-refractivity contribution in [2.75, 3.05) is 7.05 Å². The van der Waals surface area contributed by atoms with E-state index < -0.39 is 0 Å². The van der Waals surface area contributed by atoms with E-state index in [9.17, 15) is 0 Å². The summed E-state index contributed by atoms with van der Waals surface area (Å²) in [4.78, 5) is 4.45. The van der Waals surface area contributed by atoms with Gasteiger partial charge in [0.15, 0.2) is 0 Å². The highest BCUT2D eigenvalue weighted by Crippen LogP contribution is 2.37. The van der Waals surface area contributed by atoms with E-state index in [0.29, 0.717) is 12.0 Å². The first-order valence-corrected chi connectivity index (χ1v) is 7.95. The molecule has 0 saturated carbocycles. The molecule has 3 rings (SSSR count). The average molecular weight is 280 g/mol. The van der Waals surface area contributed by atoms with Gasteiger partial charge in [-0.3, -0.25) is 4.98 Å². The maximum Gasteiger partial charge on any atom is 0.0372 e. The Morgan fingerprint density at radius 3 is 2.86 bits per heavy atom. The average Bonchev–Trinajstić information content (AvgIpc) is 2.54. The normalized spacial score (nSPS) is 19.0. The second-order valence-corrected chi connectivity index (χ2v) is 6.10. The van der Waals surface area contributed by atoms with E-state index in [-0.39, 0.29) is 0 Å². The van der Waals surface area contributed by atoms with Crippen molar-refractivity contribution in [2.24, 2.45) is 0 Å². The fourth-order valence-corrected chi connectivity index (χ4v) is 3.49. The molecule has 0 fully saturated rings. The molecule has 2 nitrogen and oxygen atoms in total. The minimum absolute atomic E-state index is 0.384. The van der Waals surface area contributed by atoms with Crippen LogP contribution >= 0.6 is 0 Å². The molecule has 2 aromatic rings. The molecular weight excluding hydrogens is 256 g/mol. The van der Waals surface area contributed by atoms with Crippen molar-refractivity contribution >= 4 is 0 Å². The summed E-state index contributed by atoms with van der Waals surface area (Å²) in [6, 6.07) is 13.7. The molecule has 0 amide bonds. The number of nitrogens with one attached hydrogen (secondary N) is 1. The number of hydrogen-bond donors (Lipinski definition) is 1. The molecular formula is C19H24N2. The van der Waals surface area contributed by atoms with Crippen LogP contribution in [0.15, 0.2) is 42.6 Å². The Bertz CT molecular complexity index is 589. The second-order valence-electron chi connectivity index (χ2n) is 6.10. The van der Waals surface area contributed by atoms with Crippen LogP contribution in [0.25, 0.3) is 0 Å². The van der Waals surface area contributed by atoms with Crippen molar-refractivity contribution in [2.45, 2.75) is 44.6 Å². The summed E-state index contributed by atoms with van der Waals surface area (Å²) in [5, 5.41) is 3.48. The summed E-state index contributed by atoms with van der Waals surface area (Å²) >= 11 is 0. The van der Waals surface area contributed by atoms with Crippen molar-refractivity contribution in [3.8, 4) is 0 Å². The summed E-state index contributed by atoms with van der Waals surface area (Å²) in [7, 11) is 2.05. The fourth-order valence-electron chi connectivity index (χ4n) is 3.49. The zero-order valence-corrected chi connectivity index (χ0v) is 13.0. The molecule has 2 atom stereocenters. The lowest BCUT2D eigenvalue weighted by Gasteiger charge is -2.29. The van der Waals surface area contributed by atoms with E-state index in [4.69, 9.17) is 0 Å². The third-order valence-corrected chi connectivity index (χ3v) is 4.70. The molecule has 1 aliphatic carbocycles. The lowest BCUT2D eigenvalue weighted by molar-refractivity contribution is 0.439. The lowest BCUT2D eigenvalue weighted by atomic mass is 9.79. The third kappa shape index (κ3) is 3.16. The van der Waals surface area contributed by atoms with Crippen LogP contribution in [-0.2, 0) is 6.42 Å². The first-order valence-electron chi connectivity index (χ1n) is 7.95.